The van der Waals surface area contributed by atoms with E-state index in [0.29, 0.717) is 11.4 Å². The lowest BCUT2D eigenvalue weighted by molar-refractivity contribution is 1.32. The molecule has 0 aliphatic carbocycles. The molecule has 0 bridgehead atoms. The average molecular weight is 239 g/mol. The molecule has 68 valence electrons. The zero-order valence-corrected chi connectivity index (χ0v) is 8.76. The van der Waals surface area contributed by atoms with Crippen LogP contribution in [0.25, 0.3) is 0 Å². The Morgan fingerprint density at radius 1 is 1.31 bits per heavy atom. The second kappa shape index (κ2) is 4.78. The highest BCUT2D eigenvalue weighted by Gasteiger charge is 1.97. The van der Waals surface area contributed by atoms with Gasteiger partial charge in [-0.15, -0.1) is 0 Å². The Balaban J connectivity index is 2.91. The van der Waals surface area contributed by atoms with E-state index in [1.807, 2.05) is 12.1 Å². The highest BCUT2D eigenvalue weighted by atomic mass is 79.9. The minimum Gasteiger partial charge on any atom is -0.397 e. The second-order valence-electron chi connectivity index (χ2n) is 2.55. The summed E-state index contributed by atoms with van der Waals surface area (Å²) in [4.78, 5) is 0. The van der Waals surface area contributed by atoms with Gasteiger partial charge < -0.3 is 11.5 Å². The lowest BCUT2D eigenvalue weighted by Gasteiger charge is -2.00. The van der Waals surface area contributed by atoms with Gasteiger partial charge in [0, 0.05) is 17.3 Å². The molecule has 2 nitrogen and oxygen atoms in total. The third kappa shape index (κ3) is 2.67. The van der Waals surface area contributed by atoms with Crippen LogP contribution in [-0.4, -0.2) is 5.33 Å². The first-order valence-electron chi connectivity index (χ1n) is 3.94. The zero-order valence-electron chi connectivity index (χ0n) is 7.18. The Morgan fingerprint density at radius 2 is 2.08 bits per heavy atom. The fourth-order valence-corrected chi connectivity index (χ4v) is 1.10. The first kappa shape index (κ1) is 9.94. The van der Waals surface area contributed by atoms with Gasteiger partial charge in [0.1, 0.15) is 0 Å². The molecule has 0 saturated heterocycles. The number of nitrogen functional groups attached to an aromatic ring is 2. The van der Waals surface area contributed by atoms with Crippen molar-refractivity contribution in [3.63, 3.8) is 0 Å². The predicted octanol–water partition coefficient (Wildman–Crippen LogP) is 1.99. The first-order chi connectivity index (χ1) is 6.25. The quantitative estimate of drug-likeness (QED) is 0.447. The number of rotatable bonds is 1. The van der Waals surface area contributed by atoms with Crippen molar-refractivity contribution in [2.24, 2.45) is 0 Å². The van der Waals surface area contributed by atoms with Crippen LogP contribution in [-0.2, 0) is 0 Å². The highest BCUT2D eigenvalue weighted by Crippen LogP contribution is 2.17. The third-order valence-electron chi connectivity index (χ3n) is 1.58. The van der Waals surface area contributed by atoms with Crippen LogP contribution in [0.1, 0.15) is 12.0 Å². The van der Waals surface area contributed by atoms with Crippen LogP contribution in [0.5, 0.6) is 0 Å². The molecule has 1 rings (SSSR count). The molecular formula is C10H11BrN2. The number of nitrogens with two attached hydrogens (primary N) is 2. The molecule has 0 spiro atoms. The van der Waals surface area contributed by atoms with Crippen LogP contribution >= 0.6 is 15.9 Å². The molecule has 0 aliphatic rings. The van der Waals surface area contributed by atoms with Crippen molar-refractivity contribution in [1.82, 2.24) is 0 Å². The second-order valence-corrected chi connectivity index (χ2v) is 3.34. The summed E-state index contributed by atoms with van der Waals surface area (Å²) in [7, 11) is 0. The van der Waals surface area contributed by atoms with Gasteiger partial charge >= 0.3 is 0 Å². The summed E-state index contributed by atoms with van der Waals surface area (Å²) in [5.74, 6) is 5.96. The lowest BCUT2D eigenvalue weighted by Crippen LogP contribution is -1.96. The van der Waals surface area contributed by atoms with Crippen LogP contribution < -0.4 is 11.5 Å². The van der Waals surface area contributed by atoms with Crippen molar-refractivity contribution in [1.29, 1.82) is 0 Å². The number of hydrogen-bond donors (Lipinski definition) is 2. The Bertz CT molecular complexity index is 350. The van der Waals surface area contributed by atoms with E-state index in [0.717, 1.165) is 17.3 Å². The maximum Gasteiger partial charge on any atom is 0.0706 e. The molecule has 0 aromatic heterocycles. The summed E-state index contributed by atoms with van der Waals surface area (Å²) in [5, 5.41) is 0.877. The minimum absolute atomic E-state index is 0.574. The maximum absolute atomic E-state index is 5.73. The summed E-state index contributed by atoms with van der Waals surface area (Å²) >= 11 is 3.30. The van der Waals surface area contributed by atoms with Gasteiger partial charge in [0.25, 0.3) is 0 Å². The first-order valence-corrected chi connectivity index (χ1v) is 5.06. The standard InChI is InChI=1S/C10H11BrN2/c11-7-2-1-4-8-5-3-6-9(12)10(8)13/h3,5-6H,2,7,12-13H2. The SMILES string of the molecule is Nc1cccc(C#CCCBr)c1N. The summed E-state index contributed by atoms with van der Waals surface area (Å²) in [5.41, 5.74) is 13.3. The van der Waals surface area contributed by atoms with Crippen molar-refractivity contribution in [2.75, 3.05) is 16.8 Å². The van der Waals surface area contributed by atoms with Gasteiger partial charge in [-0.2, -0.15) is 0 Å². The van der Waals surface area contributed by atoms with Gasteiger partial charge in [-0.1, -0.05) is 33.8 Å². The smallest absolute Gasteiger partial charge is 0.0706 e. The molecule has 0 atom stereocenters. The van der Waals surface area contributed by atoms with Gasteiger partial charge in [0.2, 0.25) is 0 Å². The number of halogens is 1. The lowest BCUT2D eigenvalue weighted by atomic mass is 10.1. The van der Waals surface area contributed by atoms with E-state index in [1.54, 1.807) is 6.07 Å². The van der Waals surface area contributed by atoms with Crippen molar-refractivity contribution in [2.45, 2.75) is 6.42 Å². The van der Waals surface area contributed by atoms with E-state index in [2.05, 4.69) is 27.8 Å². The van der Waals surface area contributed by atoms with E-state index in [4.69, 9.17) is 11.5 Å². The number of hydrogen-bond acceptors (Lipinski definition) is 2. The molecule has 1 aromatic carbocycles. The van der Waals surface area contributed by atoms with Gasteiger partial charge in [0.15, 0.2) is 0 Å². The van der Waals surface area contributed by atoms with Crippen LogP contribution in [0, 0.1) is 11.8 Å². The fraction of sp³-hybridized carbons (Fsp3) is 0.200. The number of alkyl halides is 1. The van der Waals surface area contributed by atoms with E-state index in [9.17, 15) is 0 Å². The zero-order chi connectivity index (χ0) is 9.68. The summed E-state index contributed by atoms with van der Waals surface area (Å²) in [6, 6.07) is 5.49. The molecule has 4 N–H and O–H groups in total. The molecule has 1 aromatic rings. The average Bonchev–Trinajstić information content (AvgIpc) is 2.13. The summed E-state index contributed by atoms with van der Waals surface area (Å²) in [6.45, 7) is 0. The van der Waals surface area contributed by atoms with Crippen molar-refractivity contribution in [3.8, 4) is 11.8 Å². The summed E-state index contributed by atoms with van der Waals surface area (Å²) in [6.07, 6.45) is 0.814. The Labute approximate surface area is 86.4 Å². The highest BCUT2D eigenvalue weighted by molar-refractivity contribution is 9.09. The van der Waals surface area contributed by atoms with Crippen LogP contribution in [0.4, 0.5) is 11.4 Å². The topological polar surface area (TPSA) is 52.0 Å². The number of anilines is 2. The molecule has 0 saturated carbocycles. The molecule has 0 fully saturated rings. The molecule has 0 amide bonds. The van der Waals surface area contributed by atoms with Crippen molar-refractivity contribution in [3.05, 3.63) is 23.8 Å². The van der Waals surface area contributed by atoms with E-state index >= 15 is 0 Å². The molecular weight excluding hydrogens is 228 g/mol. The third-order valence-corrected chi connectivity index (χ3v) is 1.98. The molecule has 0 radical (unpaired) electrons. The van der Waals surface area contributed by atoms with Crippen LogP contribution in [0.3, 0.4) is 0 Å². The van der Waals surface area contributed by atoms with Gasteiger partial charge in [0.05, 0.1) is 11.4 Å². The molecule has 3 heteroatoms. The largest absolute Gasteiger partial charge is 0.397 e. The fourth-order valence-electron chi connectivity index (χ4n) is 0.897. The maximum atomic E-state index is 5.73. The molecule has 0 aliphatic heterocycles. The van der Waals surface area contributed by atoms with Crippen molar-refractivity contribution < 1.29 is 0 Å². The molecule has 13 heavy (non-hydrogen) atoms. The Morgan fingerprint density at radius 3 is 2.77 bits per heavy atom. The normalized spacial score (nSPS) is 9.00. The van der Waals surface area contributed by atoms with Gasteiger partial charge in [-0.05, 0) is 12.1 Å². The van der Waals surface area contributed by atoms with Crippen molar-refractivity contribution >= 4 is 27.3 Å². The minimum atomic E-state index is 0.574. The molecule has 0 unspecified atom stereocenters. The summed E-state index contributed by atoms with van der Waals surface area (Å²) < 4.78 is 0. The van der Waals surface area contributed by atoms with Gasteiger partial charge in [-0.3, -0.25) is 0 Å². The van der Waals surface area contributed by atoms with Crippen LogP contribution in [0.15, 0.2) is 18.2 Å². The Hall–Kier alpha value is -1.14. The Kier molecular flexibility index (Phi) is 3.66. The number of para-hydroxylation sites is 1. The number of benzene rings is 1. The monoisotopic (exact) mass is 238 g/mol. The van der Waals surface area contributed by atoms with Crippen LogP contribution in [0.2, 0.25) is 0 Å². The van der Waals surface area contributed by atoms with E-state index in [-0.39, 0.29) is 0 Å². The van der Waals surface area contributed by atoms with Gasteiger partial charge in [-0.25, -0.2) is 0 Å². The molecule has 0 heterocycles. The predicted molar refractivity (Wildman–Crippen MR) is 60.6 cm³/mol. The van der Waals surface area contributed by atoms with E-state index < -0.39 is 0 Å². The van der Waals surface area contributed by atoms with E-state index in [1.165, 1.54) is 0 Å².